The largest absolute Gasteiger partial charge is 0.393 e. The van der Waals surface area contributed by atoms with E-state index in [4.69, 9.17) is 0 Å². The molecular formula is C19H38N2O6. The van der Waals surface area contributed by atoms with Gasteiger partial charge in [0.15, 0.2) is 0 Å². The summed E-state index contributed by atoms with van der Waals surface area (Å²) in [6, 6.07) is -1.08. The number of aliphatic hydroxyl groups is 5. The van der Waals surface area contributed by atoms with Crippen LogP contribution in [0.25, 0.3) is 0 Å². The van der Waals surface area contributed by atoms with Crippen molar-refractivity contribution in [2.75, 3.05) is 6.54 Å². The molecule has 1 rings (SSSR count). The van der Waals surface area contributed by atoms with E-state index in [1.54, 1.807) is 0 Å². The van der Waals surface area contributed by atoms with E-state index in [1.807, 2.05) is 13.8 Å². The lowest BCUT2D eigenvalue weighted by atomic mass is 9.90. The lowest BCUT2D eigenvalue weighted by Crippen LogP contribution is -2.56. The standard InChI is InChI=1S/C19H38N2O6/c1-3-7-17(25)21-14(16(24)10-12(22)4-2)11-20-13-8-5-6-9-15(23)19(27)18(13)26/h12-16,18-20,22-24,26-27H,3-11H2,1-2H3,(H,21,25). The van der Waals surface area contributed by atoms with E-state index in [0.717, 1.165) is 12.8 Å². The summed E-state index contributed by atoms with van der Waals surface area (Å²) in [5.41, 5.74) is 0. The van der Waals surface area contributed by atoms with Gasteiger partial charge in [0.25, 0.3) is 0 Å². The van der Waals surface area contributed by atoms with Gasteiger partial charge in [0.2, 0.25) is 5.91 Å². The Hall–Kier alpha value is -0.770. The molecule has 8 heteroatoms. The highest BCUT2D eigenvalue weighted by Crippen LogP contribution is 2.19. The van der Waals surface area contributed by atoms with Crippen molar-refractivity contribution < 1.29 is 30.3 Å². The summed E-state index contributed by atoms with van der Waals surface area (Å²) in [6.07, 6.45) is -0.625. The van der Waals surface area contributed by atoms with Crippen molar-refractivity contribution in [2.24, 2.45) is 0 Å². The molecule has 0 aromatic rings. The summed E-state index contributed by atoms with van der Waals surface area (Å²) in [5.74, 6) is -0.178. The van der Waals surface area contributed by atoms with Crippen LogP contribution in [0.15, 0.2) is 0 Å². The van der Waals surface area contributed by atoms with Gasteiger partial charge in [0.1, 0.15) is 6.10 Å². The van der Waals surface area contributed by atoms with E-state index in [1.165, 1.54) is 0 Å². The molecule has 7 N–H and O–H groups in total. The summed E-state index contributed by atoms with van der Waals surface area (Å²) in [4.78, 5) is 12.0. The van der Waals surface area contributed by atoms with Crippen molar-refractivity contribution in [2.45, 2.75) is 108 Å². The lowest BCUT2D eigenvalue weighted by molar-refractivity contribution is -0.123. The molecular weight excluding hydrogens is 352 g/mol. The van der Waals surface area contributed by atoms with Crippen molar-refractivity contribution in [3.63, 3.8) is 0 Å². The molecule has 8 nitrogen and oxygen atoms in total. The zero-order chi connectivity index (χ0) is 20.4. The topological polar surface area (TPSA) is 142 Å². The van der Waals surface area contributed by atoms with E-state index in [-0.39, 0.29) is 18.9 Å². The molecule has 1 saturated carbocycles. The van der Waals surface area contributed by atoms with Crippen molar-refractivity contribution in [1.29, 1.82) is 0 Å². The molecule has 0 bridgehead atoms. The van der Waals surface area contributed by atoms with Gasteiger partial charge in [-0.25, -0.2) is 0 Å². The highest BCUT2D eigenvalue weighted by atomic mass is 16.4. The zero-order valence-corrected chi connectivity index (χ0v) is 16.5. The number of carbonyl (C=O) groups is 1. The van der Waals surface area contributed by atoms with Gasteiger partial charge in [-0.1, -0.05) is 26.7 Å². The van der Waals surface area contributed by atoms with Gasteiger partial charge in [-0.3, -0.25) is 4.79 Å². The monoisotopic (exact) mass is 390 g/mol. The Balaban J connectivity index is 2.72. The van der Waals surface area contributed by atoms with Crippen LogP contribution in [-0.2, 0) is 4.79 Å². The number of amides is 1. The maximum atomic E-state index is 12.0. The first-order valence-electron chi connectivity index (χ1n) is 10.2. The highest BCUT2D eigenvalue weighted by molar-refractivity contribution is 5.76. The van der Waals surface area contributed by atoms with Gasteiger partial charge < -0.3 is 36.2 Å². The summed E-state index contributed by atoms with van der Waals surface area (Å²) < 4.78 is 0. The molecule has 1 amide bonds. The SMILES string of the molecule is CCCC(=O)NC(CNC1CCCCC(O)C(O)C1O)C(O)CC(O)CC. The molecule has 0 heterocycles. The minimum Gasteiger partial charge on any atom is -0.393 e. The fourth-order valence-corrected chi connectivity index (χ4v) is 3.42. The van der Waals surface area contributed by atoms with Gasteiger partial charge in [-0.2, -0.15) is 0 Å². The first-order valence-corrected chi connectivity index (χ1v) is 10.2. The van der Waals surface area contributed by atoms with Crippen LogP contribution < -0.4 is 10.6 Å². The molecule has 0 spiro atoms. The fraction of sp³-hybridized carbons (Fsp3) is 0.947. The summed E-state index contributed by atoms with van der Waals surface area (Å²) in [5, 5.41) is 56.5. The van der Waals surface area contributed by atoms with Crippen molar-refractivity contribution in [3.05, 3.63) is 0 Å². The first-order chi connectivity index (χ1) is 12.8. The van der Waals surface area contributed by atoms with Crippen molar-refractivity contribution in [1.82, 2.24) is 10.6 Å². The molecule has 0 aromatic carbocycles. The molecule has 1 aliphatic carbocycles. The number of hydrogen-bond acceptors (Lipinski definition) is 7. The third-order valence-corrected chi connectivity index (χ3v) is 5.29. The van der Waals surface area contributed by atoms with Crippen LogP contribution in [0.2, 0.25) is 0 Å². The molecule has 160 valence electrons. The maximum absolute atomic E-state index is 12.0. The van der Waals surface area contributed by atoms with Crippen LogP contribution in [0, 0.1) is 0 Å². The van der Waals surface area contributed by atoms with Crippen LogP contribution in [0.3, 0.4) is 0 Å². The van der Waals surface area contributed by atoms with Gasteiger partial charge in [0, 0.05) is 25.4 Å². The Bertz CT molecular complexity index is 425. The second-order valence-corrected chi connectivity index (χ2v) is 7.64. The summed E-state index contributed by atoms with van der Waals surface area (Å²) in [7, 11) is 0. The summed E-state index contributed by atoms with van der Waals surface area (Å²) in [6.45, 7) is 3.90. The molecule has 27 heavy (non-hydrogen) atoms. The van der Waals surface area contributed by atoms with E-state index >= 15 is 0 Å². The van der Waals surface area contributed by atoms with Crippen LogP contribution in [0.1, 0.15) is 65.2 Å². The van der Waals surface area contributed by atoms with Gasteiger partial charge >= 0.3 is 0 Å². The van der Waals surface area contributed by atoms with Crippen LogP contribution in [0.5, 0.6) is 0 Å². The van der Waals surface area contributed by atoms with E-state index in [2.05, 4.69) is 10.6 Å². The minimum absolute atomic E-state index is 0.143. The number of aliphatic hydroxyl groups excluding tert-OH is 5. The molecule has 0 radical (unpaired) electrons. The molecule has 0 aliphatic heterocycles. The van der Waals surface area contributed by atoms with Gasteiger partial charge in [-0.15, -0.1) is 0 Å². The third-order valence-electron chi connectivity index (χ3n) is 5.29. The Kier molecular flexibility index (Phi) is 11.4. The van der Waals surface area contributed by atoms with Crippen molar-refractivity contribution in [3.8, 4) is 0 Å². The van der Waals surface area contributed by atoms with Gasteiger partial charge in [-0.05, 0) is 25.7 Å². The predicted octanol–water partition coefficient (Wildman–Crippen LogP) is -0.592. The number of hydrogen-bond donors (Lipinski definition) is 7. The second kappa shape index (κ2) is 12.6. The quantitative estimate of drug-likeness (QED) is 0.264. The molecule has 1 aliphatic rings. The Morgan fingerprint density at radius 3 is 2.37 bits per heavy atom. The predicted molar refractivity (Wildman–Crippen MR) is 102 cm³/mol. The summed E-state index contributed by atoms with van der Waals surface area (Å²) >= 11 is 0. The molecule has 0 aromatic heterocycles. The Morgan fingerprint density at radius 1 is 1.07 bits per heavy atom. The van der Waals surface area contributed by atoms with Crippen LogP contribution >= 0.6 is 0 Å². The molecule has 0 saturated heterocycles. The molecule has 1 fully saturated rings. The fourth-order valence-electron chi connectivity index (χ4n) is 3.42. The van der Waals surface area contributed by atoms with Crippen molar-refractivity contribution >= 4 is 5.91 Å². The van der Waals surface area contributed by atoms with Crippen LogP contribution in [0.4, 0.5) is 0 Å². The Labute approximate surface area is 162 Å². The second-order valence-electron chi connectivity index (χ2n) is 7.64. The van der Waals surface area contributed by atoms with E-state index < -0.39 is 42.6 Å². The first kappa shape index (κ1) is 24.3. The third kappa shape index (κ3) is 8.41. The normalized spacial score (nSPS) is 30.0. The molecule has 7 unspecified atom stereocenters. The number of rotatable bonds is 10. The smallest absolute Gasteiger partial charge is 0.220 e. The highest BCUT2D eigenvalue weighted by Gasteiger charge is 2.33. The average molecular weight is 391 g/mol. The van der Waals surface area contributed by atoms with Crippen LogP contribution in [-0.4, -0.2) is 80.6 Å². The van der Waals surface area contributed by atoms with Gasteiger partial charge in [0.05, 0.1) is 30.5 Å². The van der Waals surface area contributed by atoms with E-state index in [9.17, 15) is 30.3 Å². The number of nitrogens with one attached hydrogen (secondary N) is 2. The Morgan fingerprint density at radius 2 is 1.74 bits per heavy atom. The average Bonchev–Trinajstić information content (AvgIpc) is 2.64. The lowest BCUT2D eigenvalue weighted by Gasteiger charge is -2.34. The minimum atomic E-state index is -1.23. The maximum Gasteiger partial charge on any atom is 0.220 e. The zero-order valence-electron chi connectivity index (χ0n) is 16.5. The number of carbonyl (C=O) groups excluding carboxylic acids is 1. The van der Waals surface area contributed by atoms with E-state index in [0.29, 0.717) is 32.1 Å². The molecule has 7 atom stereocenters.